The van der Waals surface area contributed by atoms with Crippen molar-refractivity contribution in [1.82, 2.24) is 0 Å². The first-order valence-corrected chi connectivity index (χ1v) is 14.0. The molecule has 0 aliphatic rings. The molecule has 1 N–H and O–H groups in total. The SMILES string of the molecule is C[Si](C)(C)CCCCCCCCC=CCCCCCCCC(=O)O. The van der Waals surface area contributed by atoms with E-state index in [0.717, 1.165) is 12.8 Å². The summed E-state index contributed by atoms with van der Waals surface area (Å²) in [7, 11) is -0.802. The van der Waals surface area contributed by atoms with Crippen molar-refractivity contribution in [2.24, 2.45) is 0 Å². The zero-order valence-electron chi connectivity index (χ0n) is 16.6. The van der Waals surface area contributed by atoms with Crippen molar-refractivity contribution in [3.8, 4) is 0 Å². The highest BCUT2D eigenvalue weighted by atomic mass is 28.3. The van der Waals surface area contributed by atoms with Crippen molar-refractivity contribution in [1.29, 1.82) is 0 Å². The average molecular weight is 355 g/mol. The summed E-state index contributed by atoms with van der Waals surface area (Å²) in [6.45, 7) is 7.41. The molecule has 3 heteroatoms. The van der Waals surface area contributed by atoms with E-state index in [9.17, 15) is 4.79 Å². The maximum absolute atomic E-state index is 10.4. The largest absolute Gasteiger partial charge is 0.481 e. The Bertz CT molecular complexity index is 318. The molecule has 0 heterocycles. The topological polar surface area (TPSA) is 37.3 Å². The van der Waals surface area contributed by atoms with Crippen molar-refractivity contribution < 1.29 is 9.90 Å². The van der Waals surface area contributed by atoms with Crippen LogP contribution in [0.2, 0.25) is 25.7 Å². The Hall–Kier alpha value is -0.573. The molecule has 0 saturated heterocycles. The molecule has 142 valence electrons. The lowest BCUT2D eigenvalue weighted by Crippen LogP contribution is -2.18. The van der Waals surface area contributed by atoms with Gasteiger partial charge in [-0.2, -0.15) is 0 Å². The first-order chi connectivity index (χ1) is 11.4. The van der Waals surface area contributed by atoms with Crippen molar-refractivity contribution >= 4 is 14.0 Å². The van der Waals surface area contributed by atoms with Crippen LogP contribution >= 0.6 is 0 Å². The van der Waals surface area contributed by atoms with Crippen LogP contribution in [0.3, 0.4) is 0 Å². The minimum atomic E-state index is -0.802. The minimum absolute atomic E-state index is 0.332. The van der Waals surface area contributed by atoms with Gasteiger partial charge in [0.15, 0.2) is 0 Å². The Kier molecular flexibility index (Phi) is 15.5. The number of carboxylic acids is 1. The molecule has 0 aromatic carbocycles. The highest BCUT2D eigenvalue weighted by Crippen LogP contribution is 2.16. The fourth-order valence-electron chi connectivity index (χ4n) is 2.93. The summed E-state index contributed by atoms with van der Waals surface area (Å²) in [6.07, 6.45) is 21.5. The van der Waals surface area contributed by atoms with E-state index < -0.39 is 14.0 Å². The van der Waals surface area contributed by atoms with Gasteiger partial charge in [0, 0.05) is 14.5 Å². The van der Waals surface area contributed by atoms with E-state index >= 15 is 0 Å². The lowest BCUT2D eigenvalue weighted by Gasteiger charge is -2.14. The van der Waals surface area contributed by atoms with Gasteiger partial charge in [-0.3, -0.25) is 4.79 Å². The zero-order valence-corrected chi connectivity index (χ0v) is 17.6. The lowest BCUT2D eigenvalue weighted by molar-refractivity contribution is -0.137. The van der Waals surface area contributed by atoms with Crippen molar-refractivity contribution in [3.63, 3.8) is 0 Å². The fourth-order valence-corrected chi connectivity index (χ4v) is 4.24. The quantitative estimate of drug-likeness (QED) is 0.167. The first-order valence-electron chi connectivity index (χ1n) is 10.3. The summed E-state index contributed by atoms with van der Waals surface area (Å²) in [5, 5.41) is 8.55. The normalized spacial score (nSPS) is 12.1. The summed E-state index contributed by atoms with van der Waals surface area (Å²) < 4.78 is 0. The van der Waals surface area contributed by atoms with Crippen LogP contribution in [0.1, 0.15) is 89.9 Å². The Morgan fingerprint density at radius 2 is 1.12 bits per heavy atom. The summed E-state index contributed by atoms with van der Waals surface area (Å²) in [4.78, 5) is 10.4. The van der Waals surface area contributed by atoms with Gasteiger partial charge in [-0.1, -0.05) is 89.2 Å². The summed E-state index contributed by atoms with van der Waals surface area (Å²) >= 11 is 0. The number of hydrogen-bond acceptors (Lipinski definition) is 1. The van der Waals surface area contributed by atoms with Crippen LogP contribution < -0.4 is 0 Å². The van der Waals surface area contributed by atoms with Gasteiger partial charge in [-0.25, -0.2) is 0 Å². The highest BCUT2D eigenvalue weighted by Gasteiger charge is 2.11. The van der Waals surface area contributed by atoms with E-state index in [1.165, 1.54) is 76.7 Å². The molecule has 0 bridgehead atoms. The number of carbonyl (C=O) groups is 1. The second-order valence-electron chi connectivity index (χ2n) is 8.39. The molecule has 0 amide bonds. The summed E-state index contributed by atoms with van der Waals surface area (Å²) in [6, 6.07) is 1.50. The van der Waals surface area contributed by atoms with Crippen LogP contribution in [0.15, 0.2) is 12.2 Å². The molecular formula is C21H42O2Si. The molecule has 0 rings (SSSR count). The summed E-state index contributed by atoms with van der Waals surface area (Å²) in [5.41, 5.74) is 0. The van der Waals surface area contributed by atoms with E-state index in [1.807, 2.05) is 0 Å². The van der Waals surface area contributed by atoms with Crippen LogP contribution in [0, 0.1) is 0 Å². The molecule has 0 saturated carbocycles. The maximum atomic E-state index is 10.4. The number of hydrogen-bond donors (Lipinski definition) is 1. The van der Waals surface area contributed by atoms with E-state index in [-0.39, 0.29) is 0 Å². The Balaban J connectivity index is 3.15. The zero-order chi connectivity index (χ0) is 18.1. The van der Waals surface area contributed by atoms with Crippen molar-refractivity contribution in [2.45, 2.75) is 116 Å². The Labute approximate surface area is 152 Å². The minimum Gasteiger partial charge on any atom is -0.481 e. The molecule has 0 aromatic heterocycles. The summed E-state index contributed by atoms with van der Waals surface area (Å²) in [5.74, 6) is -0.662. The number of carboxylic acid groups (broad SMARTS) is 1. The predicted octanol–water partition coefficient (Wildman–Crippen LogP) is 7.43. The third-order valence-electron chi connectivity index (χ3n) is 4.48. The van der Waals surface area contributed by atoms with Crippen molar-refractivity contribution in [3.05, 3.63) is 12.2 Å². The van der Waals surface area contributed by atoms with Gasteiger partial charge >= 0.3 is 5.97 Å². The Morgan fingerprint density at radius 3 is 1.58 bits per heavy atom. The molecular weight excluding hydrogens is 312 g/mol. The molecule has 0 aliphatic carbocycles. The van der Waals surface area contributed by atoms with Gasteiger partial charge in [0.1, 0.15) is 0 Å². The predicted molar refractivity (Wildman–Crippen MR) is 110 cm³/mol. The van der Waals surface area contributed by atoms with E-state index in [0.29, 0.717) is 6.42 Å². The fraction of sp³-hybridized carbons (Fsp3) is 0.857. The highest BCUT2D eigenvalue weighted by molar-refractivity contribution is 6.76. The van der Waals surface area contributed by atoms with E-state index in [4.69, 9.17) is 5.11 Å². The lowest BCUT2D eigenvalue weighted by atomic mass is 10.1. The third-order valence-corrected chi connectivity index (χ3v) is 6.33. The molecule has 2 nitrogen and oxygen atoms in total. The average Bonchev–Trinajstić information content (AvgIpc) is 2.49. The molecule has 0 unspecified atom stereocenters. The van der Waals surface area contributed by atoms with Crippen LogP contribution in [0.4, 0.5) is 0 Å². The number of rotatable bonds is 17. The van der Waals surface area contributed by atoms with Crippen LogP contribution in [0.25, 0.3) is 0 Å². The van der Waals surface area contributed by atoms with Crippen molar-refractivity contribution in [2.75, 3.05) is 0 Å². The second-order valence-corrected chi connectivity index (χ2v) is 14.0. The van der Waals surface area contributed by atoms with E-state index in [2.05, 4.69) is 31.8 Å². The molecule has 0 fully saturated rings. The van der Waals surface area contributed by atoms with Crippen LogP contribution in [-0.2, 0) is 4.79 Å². The standard InChI is InChI=1S/C21H42O2Si/c1-24(2,3)20-18-16-14-12-10-8-6-4-5-7-9-11-13-15-17-19-21(22)23/h4-5H,6-20H2,1-3H3,(H,22,23). The molecule has 24 heavy (non-hydrogen) atoms. The molecule has 0 spiro atoms. The van der Waals surface area contributed by atoms with Gasteiger partial charge in [0.05, 0.1) is 0 Å². The van der Waals surface area contributed by atoms with Gasteiger partial charge in [-0.15, -0.1) is 0 Å². The molecule has 0 aromatic rings. The Morgan fingerprint density at radius 1 is 0.708 bits per heavy atom. The van der Waals surface area contributed by atoms with E-state index in [1.54, 1.807) is 0 Å². The smallest absolute Gasteiger partial charge is 0.303 e. The van der Waals surface area contributed by atoms with Gasteiger partial charge in [-0.05, 0) is 32.1 Å². The molecule has 0 aliphatic heterocycles. The first kappa shape index (κ1) is 23.4. The van der Waals surface area contributed by atoms with Gasteiger partial charge in [0.2, 0.25) is 0 Å². The second kappa shape index (κ2) is 15.9. The third kappa shape index (κ3) is 21.4. The van der Waals surface area contributed by atoms with Gasteiger partial charge in [0.25, 0.3) is 0 Å². The number of allylic oxidation sites excluding steroid dienone is 2. The number of aliphatic carboxylic acids is 1. The maximum Gasteiger partial charge on any atom is 0.303 e. The molecule has 0 atom stereocenters. The molecule has 0 radical (unpaired) electrons. The van der Waals surface area contributed by atoms with Crippen LogP contribution in [0.5, 0.6) is 0 Å². The number of unbranched alkanes of at least 4 members (excludes halogenated alkanes) is 11. The van der Waals surface area contributed by atoms with Crippen LogP contribution in [-0.4, -0.2) is 19.1 Å². The van der Waals surface area contributed by atoms with Gasteiger partial charge < -0.3 is 5.11 Å². The monoisotopic (exact) mass is 354 g/mol.